The Morgan fingerprint density at radius 2 is 1.87 bits per heavy atom. The van der Waals surface area contributed by atoms with Crippen molar-refractivity contribution >= 4 is 0 Å². The summed E-state index contributed by atoms with van der Waals surface area (Å²) >= 11 is 0. The van der Waals surface area contributed by atoms with Crippen LogP contribution in [0.2, 0.25) is 0 Å². The summed E-state index contributed by atoms with van der Waals surface area (Å²) in [5.74, 6) is 1.34. The van der Waals surface area contributed by atoms with Crippen molar-refractivity contribution < 1.29 is 9.84 Å². The molecule has 0 aromatic carbocycles. The molecule has 0 saturated carbocycles. The fraction of sp³-hybridized carbons (Fsp3) is 0.800. The van der Waals surface area contributed by atoms with Gasteiger partial charge in [0.25, 0.3) is 0 Å². The van der Waals surface area contributed by atoms with Crippen LogP contribution in [0.5, 0.6) is 0 Å². The van der Waals surface area contributed by atoms with Crippen molar-refractivity contribution in [1.82, 2.24) is 14.8 Å². The van der Waals surface area contributed by atoms with Crippen LogP contribution in [0.1, 0.15) is 39.3 Å². The number of hydrogen-bond donors (Lipinski definition) is 1. The second kappa shape index (κ2) is 4.72. The van der Waals surface area contributed by atoms with Crippen molar-refractivity contribution in [3.63, 3.8) is 0 Å². The van der Waals surface area contributed by atoms with E-state index in [9.17, 15) is 0 Å². The molecule has 0 aliphatic carbocycles. The summed E-state index contributed by atoms with van der Waals surface area (Å²) in [6.07, 6.45) is 0. The van der Waals surface area contributed by atoms with Crippen LogP contribution in [0, 0.1) is 0 Å². The number of rotatable bonds is 4. The van der Waals surface area contributed by atoms with Crippen molar-refractivity contribution in [1.29, 1.82) is 0 Å². The lowest BCUT2D eigenvalue weighted by molar-refractivity contribution is 0.120. The lowest BCUT2D eigenvalue weighted by Gasteiger charge is -2.24. The predicted octanol–water partition coefficient (Wildman–Crippen LogP) is 1.06. The Balaban J connectivity index is 3.01. The summed E-state index contributed by atoms with van der Waals surface area (Å²) < 4.78 is 7.23. The quantitative estimate of drug-likeness (QED) is 0.812. The molecule has 5 heteroatoms. The van der Waals surface area contributed by atoms with Gasteiger partial charge in [-0.05, 0) is 27.7 Å². The Morgan fingerprint density at radius 1 is 1.27 bits per heavy atom. The maximum absolute atomic E-state index is 9.16. The molecule has 0 radical (unpaired) electrons. The SMILES string of the molecule is CCOCc1nnc(CO)n1C(C)(C)C. The molecular formula is C10H19N3O2. The second-order valence-electron chi connectivity index (χ2n) is 4.33. The molecule has 0 spiro atoms. The normalized spacial score (nSPS) is 12.1. The van der Waals surface area contributed by atoms with Crippen LogP contribution in [0.25, 0.3) is 0 Å². The summed E-state index contributed by atoms with van der Waals surface area (Å²) in [5, 5.41) is 17.1. The first-order valence-electron chi connectivity index (χ1n) is 5.13. The molecule has 0 amide bonds. The maximum Gasteiger partial charge on any atom is 0.159 e. The van der Waals surface area contributed by atoms with Gasteiger partial charge in [0.05, 0.1) is 0 Å². The minimum atomic E-state index is -0.145. The Hall–Kier alpha value is -0.940. The lowest BCUT2D eigenvalue weighted by Crippen LogP contribution is -2.26. The Labute approximate surface area is 90.1 Å². The topological polar surface area (TPSA) is 60.2 Å². The molecule has 0 bridgehead atoms. The standard InChI is InChI=1S/C10H19N3O2/c1-5-15-7-9-12-11-8(6-14)13(9)10(2,3)4/h14H,5-7H2,1-4H3. The second-order valence-corrected chi connectivity index (χ2v) is 4.33. The molecule has 1 heterocycles. The van der Waals surface area contributed by atoms with Gasteiger partial charge in [-0.1, -0.05) is 0 Å². The van der Waals surface area contributed by atoms with Crippen molar-refractivity contribution in [2.75, 3.05) is 6.61 Å². The van der Waals surface area contributed by atoms with Crippen molar-refractivity contribution in [3.8, 4) is 0 Å². The highest BCUT2D eigenvalue weighted by atomic mass is 16.5. The molecule has 1 aromatic heterocycles. The van der Waals surface area contributed by atoms with E-state index in [2.05, 4.69) is 10.2 Å². The van der Waals surface area contributed by atoms with E-state index in [1.165, 1.54) is 0 Å². The fourth-order valence-electron chi connectivity index (χ4n) is 1.52. The number of hydrogen-bond acceptors (Lipinski definition) is 4. The molecule has 86 valence electrons. The van der Waals surface area contributed by atoms with E-state index in [0.29, 0.717) is 19.0 Å². The zero-order valence-corrected chi connectivity index (χ0v) is 9.82. The largest absolute Gasteiger partial charge is 0.388 e. The lowest BCUT2D eigenvalue weighted by atomic mass is 10.1. The molecule has 1 N–H and O–H groups in total. The molecule has 0 saturated heterocycles. The van der Waals surface area contributed by atoms with Gasteiger partial charge in [-0.2, -0.15) is 0 Å². The van der Waals surface area contributed by atoms with Gasteiger partial charge in [0.1, 0.15) is 13.2 Å². The molecular weight excluding hydrogens is 194 g/mol. The van der Waals surface area contributed by atoms with E-state index < -0.39 is 0 Å². The van der Waals surface area contributed by atoms with Crippen molar-refractivity contribution in [2.24, 2.45) is 0 Å². The molecule has 0 aliphatic heterocycles. The van der Waals surface area contributed by atoms with Gasteiger partial charge < -0.3 is 14.4 Å². The molecule has 5 nitrogen and oxygen atoms in total. The van der Waals surface area contributed by atoms with Crippen molar-refractivity contribution in [3.05, 3.63) is 11.6 Å². The zero-order valence-electron chi connectivity index (χ0n) is 9.82. The van der Waals surface area contributed by atoms with Crippen LogP contribution >= 0.6 is 0 Å². The van der Waals surface area contributed by atoms with Gasteiger partial charge in [0.2, 0.25) is 0 Å². The van der Waals surface area contributed by atoms with Crippen LogP contribution in [0.3, 0.4) is 0 Å². The van der Waals surface area contributed by atoms with Crippen LogP contribution in [-0.4, -0.2) is 26.5 Å². The number of aliphatic hydroxyl groups is 1. The highest BCUT2D eigenvalue weighted by Crippen LogP contribution is 2.19. The van der Waals surface area contributed by atoms with E-state index >= 15 is 0 Å². The Morgan fingerprint density at radius 3 is 2.33 bits per heavy atom. The molecule has 1 rings (SSSR count). The third kappa shape index (κ3) is 2.76. The summed E-state index contributed by atoms with van der Waals surface area (Å²) in [7, 11) is 0. The molecule has 15 heavy (non-hydrogen) atoms. The first kappa shape index (κ1) is 12.1. The number of ether oxygens (including phenoxy) is 1. The van der Waals surface area contributed by atoms with Crippen LogP contribution in [0.15, 0.2) is 0 Å². The van der Waals surface area contributed by atoms with E-state index in [0.717, 1.165) is 5.82 Å². The van der Waals surface area contributed by atoms with Crippen LogP contribution in [-0.2, 0) is 23.5 Å². The average Bonchev–Trinajstić information content (AvgIpc) is 2.56. The number of nitrogens with zero attached hydrogens (tertiary/aromatic N) is 3. The van der Waals surface area contributed by atoms with Gasteiger partial charge in [0, 0.05) is 12.1 Å². The highest BCUT2D eigenvalue weighted by Gasteiger charge is 2.22. The summed E-state index contributed by atoms with van der Waals surface area (Å²) in [6, 6.07) is 0. The van der Waals surface area contributed by atoms with E-state index in [4.69, 9.17) is 9.84 Å². The van der Waals surface area contributed by atoms with E-state index in [1.807, 2.05) is 32.3 Å². The average molecular weight is 213 g/mol. The van der Waals surface area contributed by atoms with Gasteiger partial charge in [0.15, 0.2) is 11.6 Å². The number of aliphatic hydroxyl groups excluding tert-OH is 1. The first-order chi connectivity index (χ1) is 7.00. The number of aromatic nitrogens is 3. The third-order valence-corrected chi connectivity index (χ3v) is 2.04. The fourth-order valence-corrected chi connectivity index (χ4v) is 1.52. The predicted molar refractivity (Wildman–Crippen MR) is 56.3 cm³/mol. The van der Waals surface area contributed by atoms with Gasteiger partial charge in [-0.15, -0.1) is 10.2 Å². The van der Waals surface area contributed by atoms with Gasteiger partial charge in [-0.3, -0.25) is 0 Å². The minimum Gasteiger partial charge on any atom is -0.388 e. The Bertz CT molecular complexity index is 315. The van der Waals surface area contributed by atoms with E-state index in [-0.39, 0.29) is 12.1 Å². The van der Waals surface area contributed by atoms with Crippen LogP contribution < -0.4 is 0 Å². The molecule has 0 fully saturated rings. The smallest absolute Gasteiger partial charge is 0.159 e. The molecule has 0 atom stereocenters. The summed E-state index contributed by atoms with van der Waals surface area (Å²) in [5.41, 5.74) is -0.145. The summed E-state index contributed by atoms with van der Waals surface area (Å²) in [6.45, 7) is 9.05. The Kier molecular flexibility index (Phi) is 3.82. The van der Waals surface area contributed by atoms with Gasteiger partial charge in [-0.25, -0.2) is 0 Å². The van der Waals surface area contributed by atoms with Crippen molar-refractivity contribution in [2.45, 2.75) is 46.4 Å². The zero-order chi connectivity index (χ0) is 11.5. The molecule has 0 unspecified atom stereocenters. The first-order valence-corrected chi connectivity index (χ1v) is 5.13. The minimum absolute atomic E-state index is 0.101. The molecule has 1 aromatic rings. The molecule has 0 aliphatic rings. The van der Waals surface area contributed by atoms with E-state index in [1.54, 1.807) is 0 Å². The summed E-state index contributed by atoms with van der Waals surface area (Å²) in [4.78, 5) is 0. The van der Waals surface area contributed by atoms with Gasteiger partial charge >= 0.3 is 0 Å². The monoisotopic (exact) mass is 213 g/mol. The highest BCUT2D eigenvalue weighted by molar-refractivity contribution is 4.99. The maximum atomic E-state index is 9.16. The third-order valence-electron chi connectivity index (χ3n) is 2.04. The van der Waals surface area contributed by atoms with Crippen LogP contribution in [0.4, 0.5) is 0 Å².